The molecule has 1 aromatic rings. The van der Waals surface area contributed by atoms with Crippen molar-refractivity contribution in [2.24, 2.45) is 0 Å². The van der Waals surface area contributed by atoms with Crippen molar-refractivity contribution in [3.63, 3.8) is 0 Å². The fourth-order valence-corrected chi connectivity index (χ4v) is 2.45. The Morgan fingerprint density at radius 3 is 2.50 bits per heavy atom. The summed E-state index contributed by atoms with van der Waals surface area (Å²) >= 11 is 0. The molecular formula is C19H30O. The second-order valence-electron chi connectivity index (χ2n) is 5.71. The summed E-state index contributed by atoms with van der Waals surface area (Å²) in [6.45, 7) is 10.3. The van der Waals surface area contributed by atoms with E-state index in [0.29, 0.717) is 6.10 Å². The number of aryl methyl sites for hydroxylation is 1. The summed E-state index contributed by atoms with van der Waals surface area (Å²) < 4.78 is 5.99. The van der Waals surface area contributed by atoms with Gasteiger partial charge in [0.1, 0.15) is 5.75 Å². The Morgan fingerprint density at radius 2 is 1.85 bits per heavy atom. The van der Waals surface area contributed by atoms with Gasteiger partial charge in [-0.1, -0.05) is 57.7 Å². The summed E-state index contributed by atoms with van der Waals surface area (Å²) in [5.41, 5.74) is 2.41. The fourth-order valence-electron chi connectivity index (χ4n) is 2.45. The van der Waals surface area contributed by atoms with Gasteiger partial charge >= 0.3 is 0 Å². The zero-order valence-electron chi connectivity index (χ0n) is 13.5. The molecular weight excluding hydrogens is 244 g/mol. The molecule has 0 saturated heterocycles. The average molecular weight is 274 g/mol. The smallest absolute Gasteiger partial charge is 0.120 e. The Hall–Kier alpha value is -1.24. The molecule has 0 spiro atoms. The van der Waals surface area contributed by atoms with Crippen molar-refractivity contribution in [3.05, 3.63) is 35.9 Å². The molecule has 0 aliphatic heterocycles. The number of rotatable bonds is 10. The molecule has 1 nitrogen and oxygen atoms in total. The third kappa shape index (κ3) is 6.27. The third-order valence-corrected chi connectivity index (χ3v) is 3.76. The van der Waals surface area contributed by atoms with E-state index in [-0.39, 0.29) is 0 Å². The maximum atomic E-state index is 5.99. The van der Waals surface area contributed by atoms with Gasteiger partial charge in [-0.15, -0.1) is 0 Å². The van der Waals surface area contributed by atoms with Crippen LogP contribution in [-0.4, -0.2) is 6.10 Å². The van der Waals surface area contributed by atoms with Gasteiger partial charge in [-0.05, 0) is 49.9 Å². The first kappa shape index (κ1) is 16.8. The van der Waals surface area contributed by atoms with Crippen LogP contribution in [0.1, 0.15) is 69.9 Å². The lowest BCUT2D eigenvalue weighted by molar-refractivity contribution is 0.206. The van der Waals surface area contributed by atoms with Gasteiger partial charge in [-0.2, -0.15) is 0 Å². The van der Waals surface area contributed by atoms with Gasteiger partial charge in [-0.25, -0.2) is 0 Å². The molecule has 0 aliphatic rings. The Morgan fingerprint density at radius 1 is 1.15 bits per heavy atom. The maximum absolute atomic E-state index is 5.99. The molecule has 0 heterocycles. The zero-order valence-corrected chi connectivity index (χ0v) is 13.5. The van der Waals surface area contributed by atoms with Gasteiger partial charge in [0.25, 0.3) is 0 Å². The van der Waals surface area contributed by atoms with Gasteiger partial charge in [0.15, 0.2) is 0 Å². The highest BCUT2D eigenvalue weighted by atomic mass is 16.5. The molecule has 0 fully saturated rings. The summed E-state index contributed by atoms with van der Waals surface area (Å²) in [6, 6.07) is 6.23. The molecule has 1 heteroatoms. The molecule has 20 heavy (non-hydrogen) atoms. The van der Waals surface area contributed by atoms with Crippen molar-refractivity contribution in [1.29, 1.82) is 0 Å². The molecule has 0 bridgehead atoms. The minimum atomic E-state index is 0.301. The van der Waals surface area contributed by atoms with Crippen LogP contribution in [0.4, 0.5) is 0 Å². The Kier molecular flexibility index (Phi) is 8.10. The molecule has 112 valence electrons. The van der Waals surface area contributed by atoms with Gasteiger partial charge in [-0.3, -0.25) is 0 Å². The Balaban J connectivity index is 2.26. The lowest BCUT2D eigenvalue weighted by Crippen LogP contribution is -2.11. The SMILES string of the molecule is C=Cc1ccc(OC(C)CCCCCCCC)cc1C. The fraction of sp³-hybridized carbons (Fsp3) is 0.579. The number of hydrogen-bond donors (Lipinski definition) is 0. The number of benzene rings is 1. The quantitative estimate of drug-likeness (QED) is 0.464. The van der Waals surface area contributed by atoms with E-state index in [9.17, 15) is 0 Å². The van der Waals surface area contributed by atoms with Crippen LogP contribution in [0.5, 0.6) is 5.75 Å². The van der Waals surface area contributed by atoms with Crippen molar-refractivity contribution < 1.29 is 4.74 Å². The lowest BCUT2D eigenvalue weighted by Gasteiger charge is -2.15. The first-order valence-corrected chi connectivity index (χ1v) is 8.07. The van der Waals surface area contributed by atoms with Gasteiger partial charge in [0, 0.05) is 0 Å². The Bertz CT molecular complexity index is 395. The van der Waals surface area contributed by atoms with E-state index in [1.54, 1.807) is 0 Å². The van der Waals surface area contributed by atoms with Crippen LogP contribution in [0, 0.1) is 6.92 Å². The van der Waals surface area contributed by atoms with E-state index in [2.05, 4.69) is 39.5 Å². The minimum Gasteiger partial charge on any atom is -0.491 e. The first-order chi connectivity index (χ1) is 9.67. The highest BCUT2D eigenvalue weighted by Crippen LogP contribution is 2.20. The highest BCUT2D eigenvalue weighted by Gasteiger charge is 2.05. The van der Waals surface area contributed by atoms with E-state index < -0.39 is 0 Å². The molecule has 0 aromatic heterocycles. The molecule has 0 aliphatic carbocycles. The molecule has 1 unspecified atom stereocenters. The van der Waals surface area contributed by atoms with Gasteiger partial charge in [0.05, 0.1) is 6.10 Å². The zero-order chi connectivity index (χ0) is 14.8. The van der Waals surface area contributed by atoms with Crippen molar-refractivity contribution in [1.82, 2.24) is 0 Å². The van der Waals surface area contributed by atoms with Crippen molar-refractivity contribution >= 4 is 6.08 Å². The van der Waals surface area contributed by atoms with E-state index in [1.165, 1.54) is 49.7 Å². The molecule has 1 rings (SSSR count). The number of unbranched alkanes of at least 4 members (excludes halogenated alkanes) is 5. The molecule has 0 amide bonds. The average Bonchev–Trinajstić information content (AvgIpc) is 2.43. The van der Waals surface area contributed by atoms with Crippen molar-refractivity contribution in [3.8, 4) is 5.75 Å². The van der Waals surface area contributed by atoms with Crippen LogP contribution >= 0.6 is 0 Å². The molecule has 0 radical (unpaired) electrons. The van der Waals surface area contributed by atoms with Gasteiger partial charge in [0.2, 0.25) is 0 Å². The molecule has 0 N–H and O–H groups in total. The number of ether oxygens (including phenoxy) is 1. The summed E-state index contributed by atoms with van der Waals surface area (Å²) in [4.78, 5) is 0. The summed E-state index contributed by atoms with van der Waals surface area (Å²) in [5.74, 6) is 0.978. The second kappa shape index (κ2) is 9.63. The lowest BCUT2D eigenvalue weighted by atomic mass is 10.1. The summed E-state index contributed by atoms with van der Waals surface area (Å²) in [6.07, 6.45) is 11.4. The third-order valence-electron chi connectivity index (χ3n) is 3.76. The summed E-state index contributed by atoms with van der Waals surface area (Å²) in [5, 5.41) is 0. The normalized spacial score (nSPS) is 12.2. The summed E-state index contributed by atoms with van der Waals surface area (Å²) in [7, 11) is 0. The van der Waals surface area contributed by atoms with E-state index in [1.807, 2.05) is 12.1 Å². The monoisotopic (exact) mass is 274 g/mol. The van der Waals surface area contributed by atoms with Crippen LogP contribution in [0.25, 0.3) is 6.08 Å². The molecule has 1 aromatic carbocycles. The first-order valence-electron chi connectivity index (χ1n) is 8.07. The van der Waals surface area contributed by atoms with E-state index >= 15 is 0 Å². The van der Waals surface area contributed by atoms with E-state index in [4.69, 9.17) is 4.74 Å². The second-order valence-corrected chi connectivity index (χ2v) is 5.71. The Labute approximate surface area is 125 Å². The number of hydrogen-bond acceptors (Lipinski definition) is 1. The molecule has 1 atom stereocenters. The largest absolute Gasteiger partial charge is 0.491 e. The standard InChI is InChI=1S/C19H30O/c1-5-7-8-9-10-11-12-17(4)20-19-14-13-18(6-2)16(3)15-19/h6,13-15,17H,2,5,7-12H2,1,3-4H3. The van der Waals surface area contributed by atoms with E-state index in [0.717, 1.165) is 12.2 Å². The van der Waals surface area contributed by atoms with Crippen LogP contribution in [-0.2, 0) is 0 Å². The maximum Gasteiger partial charge on any atom is 0.120 e. The predicted molar refractivity (Wildman–Crippen MR) is 89.4 cm³/mol. The minimum absolute atomic E-state index is 0.301. The predicted octanol–water partition coefficient (Wildman–Crippen LogP) is 6.16. The van der Waals surface area contributed by atoms with Crippen molar-refractivity contribution in [2.45, 2.75) is 71.8 Å². The van der Waals surface area contributed by atoms with Crippen LogP contribution in [0.3, 0.4) is 0 Å². The van der Waals surface area contributed by atoms with Crippen LogP contribution < -0.4 is 4.74 Å². The van der Waals surface area contributed by atoms with Gasteiger partial charge < -0.3 is 4.74 Å². The van der Waals surface area contributed by atoms with Crippen LogP contribution in [0.15, 0.2) is 24.8 Å². The van der Waals surface area contributed by atoms with Crippen LogP contribution in [0.2, 0.25) is 0 Å². The topological polar surface area (TPSA) is 9.23 Å². The van der Waals surface area contributed by atoms with Crippen molar-refractivity contribution in [2.75, 3.05) is 0 Å². The molecule has 0 saturated carbocycles. The highest BCUT2D eigenvalue weighted by molar-refractivity contribution is 5.53.